The monoisotopic (exact) mass is 202 g/mol. The Morgan fingerprint density at radius 2 is 1.87 bits per heavy atom. The predicted octanol–water partition coefficient (Wildman–Crippen LogP) is 2.46. The summed E-state index contributed by atoms with van der Waals surface area (Å²) in [4.78, 5) is 0. The van der Waals surface area contributed by atoms with Crippen molar-refractivity contribution in [3.05, 3.63) is 36.7 Å². The molecule has 0 fully saturated rings. The Morgan fingerprint density at radius 1 is 1.20 bits per heavy atom. The van der Waals surface area contributed by atoms with E-state index in [2.05, 4.69) is 6.92 Å². The van der Waals surface area contributed by atoms with E-state index < -0.39 is 0 Å². The molecule has 1 aromatic heterocycles. The second-order valence-corrected chi connectivity index (χ2v) is 3.50. The fourth-order valence-electron chi connectivity index (χ4n) is 1.59. The highest BCUT2D eigenvalue weighted by Gasteiger charge is 2.05. The molecule has 0 saturated carbocycles. The van der Waals surface area contributed by atoms with Gasteiger partial charge in [-0.3, -0.25) is 0 Å². The van der Waals surface area contributed by atoms with Crippen molar-refractivity contribution >= 4 is 5.69 Å². The van der Waals surface area contributed by atoms with E-state index in [9.17, 15) is 5.11 Å². The van der Waals surface area contributed by atoms with Crippen molar-refractivity contribution in [3.8, 4) is 16.9 Å². The number of anilines is 1. The van der Waals surface area contributed by atoms with Crippen LogP contribution in [-0.4, -0.2) is 9.67 Å². The summed E-state index contributed by atoms with van der Waals surface area (Å²) in [7, 11) is 0. The zero-order chi connectivity index (χ0) is 10.8. The number of nitrogen functional groups attached to an aromatic ring is 1. The second-order valence-electron chi connectivity index (χ2n) is 3.50. The van der Waals surface area contributed by atoms with Gasteiger partial charge in [-0.25, -0.2) is 0 Å². The number of phenols is 1. The summed E-state index contributed by atoms with van der Waals surface area (Å²) in [5, 5.41) is 9.19. The Morgan fingerprint density at radius 3 is 2.40 bits per heavy atom. The number of aromatic hydroxyl groups is 1. The van der Waals surface area contributed by atoms with E-state index in [4.69, 9.17) is 5.73 Å². The molecular formula is C12H14N2O. The van der Waals surface area contributed by atoms with Gasteiger partial charge in [-0.2, -0.15) is 0 Å². The lowest BCUT2D eigenvalue weighted by atomic mass is 10.1. The minimum Gasteiger partial charge on any atom is -0.508 e. The van der Waals surface area contributed by atoms with Crippen molar-refractivity contribution in [3.63, 3.8) is 0 Å². The highest BCUT2D eigenvalue weighted by molar-refractivity contribution is 5.76. The molecule has 0 amide bonds. The van der Waals surface area contributed by atoms with Crippen LogP contribution < -0.4 is 5.73 Å². The van der Waals surface area contributed by atoms with Gasteiger partial charge in [0.25, 0.3) is 0 Å². The molecule has 0 unspecified atom stereocenters. The van der Waals surface area contributed by atoms with E-state index in [-0.39, 0.29) is 5.75 Å². The highest BCUT2D eigenvalue weighted by atomic mass is 16.3. The first kappa shape index (κ1) is 9.65. The maximum absolute atomic E-state index is 9.19. The maximum Gasteiger partial charge on any atom is 0.115 e. The Bertz CT molecular complexity index is 457. The largest absolute Gasteiger partial charge is 0.508 e. The van der Waals surface area contributed by atoms with Crippen LogP contribution in [0.1, 0.15) is 6.92 Å². The SMILES string of the molecule is CCn1cc(N)c(-c2ccc(O)cc2)c1. The van der Waals surface area contributed by atoms with E-state index in [0.717, 1.165) is 23.4 Å². The van der Waals surface area contributed by atoms with Crippen LogP contribution in [0.3, 0.4) is 0 Å². The normalized spacial score (nSPS) is 10.5. The van der Waals surface area contributed by atoms with Crippen molar-refractivity contribution in [2.75, 3.05) is 5.73 Å². The van der Waals surface area contributed by atoms with Gasteiger partial charge in [0.2, 0.25) is 0 Å². The molecule has 3 heteroatoms. The smallest absolute Gasteiger partial charge is 0.115 e. The van der Waals surface area contributed by atoms with Crippen molar-refractivity contribution in [1.82, 2.24) is 4.57 Å². The summed E-state index contributed by atoms with van der Waals surface area (Å²) < 4.78 is 2.04. The van der Waals surface area contributed by atoms with E-state index in [1.165, 1.54) is 0 Å². The zero-order valence-electron chi connectivity index (χ0n) is 8.64. The quantitative estimate of drug-likeness (QED) is 0.786. The van der Waals surface area contributed by atoms with Gasteiger partial charge in [-0.1, -0.05) is 12.1 Å². The van der Waals surface area contributed by atoms with Gasteiger partial charge >= 0.3 is 0 Å². The van der Waals surface area contributed by atoms with Gasteiger partial charge in [0.1, 0.15) is 5.75 Å². The third kappa shape index (κ3) is 1.81. The lowest BCUT2D eigenvalue weighted by molar-refractivity contribution is 0.475. The third-order valence-corrected chi connectivity index (χ3v) is 2.45. The zero-order valence-corrected chi connectivity index (χ0v) is 8.64. The van der Waals surface area contributed by atoms with Crippen molar-refractivity contribution < 1.29 is 5.11 Å². The minimum absolute atomic E-state index is 0.271. The standard InChI is InChI=1S/C12H14N2O/c1-2-14-7-11(12(13)8-14)9-3-5-10(15)6-4-9/h3-8,15H,2,13H2,1H3. The van der Waals surface area contributed by atoms with E-state index >= 15 is 0 Å². The molecule has 0 spiro atoms. The second kappa shape index (κ2) is 3.69. The van der Waals surface area contributed by atoms with Crippen LogP contribution in [0.4, 0.5) is 5.69 Å². The number of hydrogen-bond acceptors (Lipinski definition) is 2. The molecule has 0 radical (unpaired) electrons. The first-order chi connectivity index (χ1) is 7.20. The average Bonchev–Trinajstić information content (AvgIpc) is 2.61. The first-order valence-electron chi connectivity index (χ1n) is 4.95. The summed E-state index contributed by atoms with van der Waals surface area (Å²) in [6.07, 6.45) is 3.93. The Kier molecular flexibility index (Phi) is 2.37. The van der Waals surface area contributed by atoms with Crippen LogP contribution in [0.15, 0.2) is 36.7 Å². The van der Waals surface area contributed by atoms with Crippen LogP contribution in [0, 0.1) is 0 Å². The maximum atomic E-state index is 9.19. The molecule has 0 aliphatic heterocycles. The number of rotatable bonds is 2. The summed E-state index contributed by atoms with van der Waals surface area (Å²) in [5.41, 5.74) is 8.71. The average molecular weight is 202 g/mol. The minimum atomic E-state index is 0.271. The Hall–Kier alpha value is -1.90. The predicted molar refractivity (Wildman–Crippen MR) is 61.6 cm³/mol. The molecule has 1 aromatic carbocycles. The molecule has 2 rings (SSSR count). The molecule has 3 nitrogen and oxygen atoms in total. The number of aryl methyl sites for hydroxylation is 1. The molecule has 0 atom stereocenters. The van der Waals surface area contributed by atoms with Gasteiger partial charge < -0.3 is 15.4 Å². The lowest BCUT2D eigenvalue weighted by Gasteiger charge is -1.99. The van der Waals surface area contributed by atoms with Gasteiger partial charge in [-0.15, -0.1) is 0 Å². The summed E-state index contributed by atoms with van der Waals surface area (Å²) in [6, 6.07) is 7.05. The van der Waals surface area contributed by atoms with Crippen molar-refractivity contribution in [1.29, 1.82) is 0 Å². The van der Waals surface area contributed by atoms with Gasteiger partial charge in [-0.05, 0) is 24.6 Å². The molecule has 1 heterocycles. The summed E-state index contributed by atoms with van der Waals surface area (Å²) in [6.45, 7) is 2.97. The molecule has 2 aromatic rings. The van der Waals surface area contributed by atoms with E-state index in [1.807, 2.05) is 29.1 Å². The van der Waals surface area contributed by atoms with Gasteiger partial charge in [0.05, 0.1) is 5.69 Å². The molecule has 0 aliphatic carbocycles. The number of aromatic nitrogens is 1. The molecule has 0 aliphatic rings. The first-order valence-corrected chi connectivity index (χ1v) is 4.95. The van der Waals surface area contributed by atoms with Crippen LogP contribution in [-0.2, 0) is 6.54 Å². The van der Waals surface area contributed by atoms with Crippen LogP contribution >= 0.6 is 0 Å². The van der Waals surface area contributed by atoms with Crippen LogP contribution in [0.5, 0.6) is 5.75 Å². The van der Waals surface area contributed by atoms with Gasteiger partial charge in [0.15, 0.2) is 0 Å². The number of nitrogens with zero attached hydrogens (tertiary/aromatic N) is 1. The number of nitrogens with two attached hydrogens (primary N) is 1. The van der Waals surface area contributed by atoms with Crippen LogP contribution in [0.2, 0.25) is 0 Å². The fourth-order valence-corrected chi connectivity index (χ4v) is 1.59. The molecule has 15 heavy (non-hydrogen) atoms. The molecule has 0 bridgehead atoms. The molecule has 3 N–H and O–H groups in total. The van der Waals surface area contributed by atoms with Crippen molar-refractivity contribution in [2.24, 2.45) is 0 Å². The third-order valence-electron chi connectivity index (χ3n) is 2.45. The highest BCUT2D eigenvalue weighted by Crippen LogP contribution is 2.27. The van der Waals surface area contributed by atoms with Crippen molar-refractivity contribution in [2.45, 2.75) is 13.5 Å². The molecule has 78 valence electrons. The van der Waals surface area contributed by atoms with E-state index in [1.54, 1.807) is 12.1 Å². The summed E-state index contributed by atoms with van der Waals surface area (Å²) in [5.74, 6) is 0.271. The molecule has 0 saturated heterocycles. The van der Waals surface area contributed by atoms with Gasteiger partial charge in [0, 0.05) is 24.5 Å². The Balaban J connectivity index is 2.44. The van der Waals surface area contributed by atoms with E-state index in [0.29, 0.717) is 0 Å². The topological polar surface area (TPSA) is 51.2 Å². The fraction of sp³-hybridized carbons (Fsp3) is 0.167. The number of hydrogen-bond donors (Lipinski definition) is 2. The lowest BCUT2D eigenvalue weighted by Crippen LogP contribution is -1.87. The Labute approximate surface area is 88.8 Å². The molecular weight excluding hydrogens is 188 g/mol. The number of benzene rings is 1. The number of phenolic OH excluding ortho intramolecular Hbond substituents is 1. The van der Waals surface area contributed by atoms with Crippen LogP contribution in [0.25, 0.3) is 11.1 Å². The summed E-state index contributed by atoms with van der Waals surface area (Å²) >= 11 is 0.